The van der Waals surface area contributed by atoms with Gasteiger partial charge in [-0.1, -0.05) is 382 Å². The lowest BCUT2D eigenvalue weighted by molar-refractivity contribution is 0.590. The van der Waals surface area contributed by atoms with Crippen molar-refractivity contribution in [2.75, 3.05) is 15.1 Å². The topological polar surface area (TPSA) is 18.5 Å². The van der Waals surface area contributed by atoms with Crippen molar-refractivity contribution in [3.63, 3.8) is 0 Å². The Morgan fingerprint density at radius 1 is 0.223 bits per heavy atom. The van der Waals surface area contributed by atoms with Crippen LogP contribution >= 0.6 is 31.9 Å². The van der Waals surface area contributed by atoms with E-state index in [4.69, 9.17) is 0 Å². The lowest BCUT2D eigenvalue weighted by Crippen LogP contribution is -2.20. The molecule has 18 rings (SSSR count). The van der Waals surface area contributed by atoms with Gasteiger partial charge in [0.05, 0.1) is 11.4 Å². The minimum atomic E-state index is -0.284. The minimum absolute atomic E-state index is 0.0123. The Labute approximate surface area is 740 Å². The van der Waals surface area contributed by atoms with E-state index in [1.54, 1.807) is 0 Å². The maximum absolute atomic E-state index is 4.00. The van der Waals surface area contributed by atoms with Crippen LogP contribution in [0.2, 0.25) is 0 Å². The lowest BCUT2D eigenvalue weighted by atomic mass is 9.79. The van der Waals surface area contributed by atoms with Crippen LogP contribution in [0.1, 0.15) is 258 Å². The lowest BCUT2D eigenvalue weighted by Gasteiger charge is -2.35. The Bertz CT molecular complexity index is 5860. The summed E-state index contributed by atoms with van der Waals surface area (Å²) < 4.78 is 2.37. The molecule has 0 aliphatic heterocycles. The number of halogens is 2. The summed E-state index contributed by atoms with van der Waals surface area (Å²) in [7, 11) is 0. The second kappa shape index (κ2) is 29.9. The van der Waals surface area contributed by atoms with Crippen molar-refractivity contribution >= 4 is 98.9 Å². The summed E-state index contributed by atoms with van der Waals surface area (Å²) in [5.74, 6) is 0. The van der Waals surface area contributed by atoms with Gasteiger partial charge in [0.2, 0.25) is 0 Å². The molecule has 0 aromatic heterocycles. The smallest absolute Gasteiger partial charge is 0.0550 e. The number of nitrogens with zero attached hydrogens (tertiary/aromatic N) is 2. The molecule has 0 spiro atoms. The number of benzene rings is 14. The normalized spacial score (nSPS) is 14.9. The van der Waals surface area contributed by atoms with Gasteiger partial charge in [-0.2, -0.15) is 0 Å². The Morgan fingerprint density at radius 3 is 0.628 bits per heavy atom. The van der Waals surface area contributed by atoms with E-state index < -0.39 is 0 Å². The van der Waals surface area contributed by atoms with E-state index in [1.807, 2.05) is 0 Å². The van der Waals surface area contributed by atoms with Crippen LogP contribution in [0.3, 0.4) is 0 Å². The van der Waals surface area contributed by atoms with Gasteiger partial charge in [-0.25, -0.2) is 0 Å². The quantitative estimate of drug-likeness (QED) is 0.164. The van der Waals surface area contributed by atoms with Crippen LogP contribution in [-0.2, 0) is 54.1 Å². The van der Waals surface area contributed by atoms with Gasteiger partial charge in [0.15, 0.2) is 0 Å². The van der Waals surface area contributed by atoms with Gasteiger partial charge in [-0.3, -0.25) is 0 Å². The van der Waals surface area contributed by atoms with Gasteiger partial charge in [-0.15, -0.1) is 0 Å². The van der Waals surface area contributed by atoms with E-state index in [2.05, 4.69) is 494 Å². The van der Waals surface area contributed by atoms with Crippen molar-refractivity contribution in [3.8, 4) is 44.5 Å². The summed E-state index contributed by atoms with van der Waals surface area (Å²) in [6.45, 7) is 60.2. The summed E-state index contributed by atoms with van der Waals surface area (Å²) in [5, 5.41) is 8.66. The first kappa shape index (κ1) is 84.6. The molecule has 14 aromatic rings. The second-order valence-corrected chi connectivity index (χ2v) is 44.7. The van der Waals surface area contributed by atoms with Crippen LogP contribution in [0.15, 0.2) is 276 Å². The van der Waals surface area contributed by atoms with Crippen molar-refractivity contribution in [1.29, 1.82) is 0 Å². The van der Waals surface area contributed by atoms with E-state index in [9.17, 15) is 0 Å². The summed E-state index contributed by atoms with van der Waals surface area (Å²) >= 11 is 8.01. The first-order chi connectivity index (χ1) is 56.7. The van der Waals surface area contributed by atoms with E-state index in [0.29, 0.717) is 0 Å². The number of anilines is 8. The molecule has 1 N–H and O–H groups in total. The third-order valence-electron chi connectivity index (χ3n) is 27.1. The van der Waals surface area contributed by atoms with Crippen LogP contribution < -0.4 is 15.1 Å². The molecule has 0 atom stereocenters. The number of hydrogen-bond donors (Lipinski definition) is 1. The molecule has 14 aromatic carbocycles. The highest BCUT2D eigenvalue weighted by Crippen LogP contribution is 2.64. The molecule has 616 valence electrons. The second-order valence-electron chi connectivity index (χ2n) is 43.0. The molecule has 4 aliphatic rings. The fourth-order valence-corrected chi connectivity index (χ4v) is 21.0. The highest BCUT2D eigenvalue weighted by atomic mass is 79.9. The summed E-state index contributed by atoms with van der Waals surface area (Å²) in [6.07, 6.45) is 0. The number of rotatable bonds is 8. The zero-order valence-corrected chi connectivity index (χ0v) is 79.7. The zero-order chi connectivity index (χ0) is 86.8. The number of hydrogen-bond acceptors (Lipinski definition) is 3. The van der Waals surface area contributed by atoms with Crippen LogP contribution in [0, 0.1) is 0 Å². The minimum Gasteiger partial charge on any atom is -0.356 e. The molecular weight excluding hydrogens is 1600 g/mol. The molecule has 0 radical (unpaired) electrons. The maximum Gasteiger partial charge on any atom is 0.0550 e. The average molecular weight is 1720 g/mol. The molecule has 4 aliphatic carbocycles. The molecule has 0 unspecified atom stereocenters. The van der Waals surface area contributed by atoms with Crippen LogP contribution in [0.5, 0.6) is 0 Å². The summed E-state index contributed by atoms with van der Waals surface area (Å²) in [5.41, 5.74) is 38.8. The van der Waals surface area contributed by atoms with E-state index >= 15 is 0 Å². The zero-order valence-electron chi connectivity index (χ0n) is 76.6. The van der Waals surface area contributed by atoms with Gasteiger partial charge in [0.25, 0.3) is 0 Å². The molecule has 0 saturated carbocycles. The fourth-order valence-electron chi connectivity index (χ4n) is 19.7. The largest absolute Gasteiger partial charge is 0.356 e. The van der Waals surface area contributed by atoms with Crippen LogP contribution in [-0.4, -0.2) is 0 Å². The molecule has 0 fully saturated rings. The summed E-state index contributed by atoms with van der Waals surface area (Å²) in [6, 6.07) is 101. The first-order valence-electron chi connectivity index (χ1n) is 43.8. The number of nitrogens with one attached hydrogen (secondary N) is 1. The van der Waals surface area contributed by atoms with Crippen molar-refractivity contribution in [2.45, 2.75) is 234 Å². The Morgan fingerprint density at radius 2 is 0.413 bits per heavy atom. The van der Waals surface area contributed by atoms with E-state index in [1.165, 1.54) is 164 Å². The first-order valence-corrected chi connectivity index (χ1v) is 45.4. The van der Waals surface area contributed by atoms with Crippen molar-refractivity contribution in [2.24, 2.45) is 0 Å². The third-order valence-corrected chi connectivity index (χ3v) is 28.3. The predicted octanol–water partition coefficient (Wildman–Crippen LogP) is 34.6. The third kappa shape index (κ3) is 14.8. The molecule has 0 saturated heterocycles. The van der Waals surface area contributed by atoms with Gasteiger partial charge in [-0.05, 0) is 252 Å². The highest BCUT2D eigenvalue weighted by molar-refractivity contribution is 9.11. The van der Waals surface area contributed by atoms with Crippen molar-refractivity contribution in [1.82, 2.24) is 0 Å². The number of fused-ring (bicyclic) bond motifs is 18. The van der Waals surface area contributed by atoms with Crippen molar-refractivity contribution in [3.05, 3.63) is 354 Å². The molecule has 5 heteroatoms. The molecule has 0 bridgehead atoms. The van der Waals surface area contributed by atoms with Crippen LogP contribution in [0.4, 0.5) is 45.5 Å². The van der Waals surface area contributed by atoms with Crippen LogP contribution in [0.25, 0.3) is 66.1 Å². The average Bonchev–Trinajstić information content (AvgIpc) is 1.54. The Kier molecular flexibility index (Phi) is 20.9. The van der Waals surface area contributed by atoms with Gasteiger partial charge in [0.1, 0.15) is 0 Å². The molecule has 121 heavy (non-hydrogen) atoms. The SMILES string of the molecule is CC(C)(C)c1ccc(N(c2ccc(C(C)(C)C)cc2)c2cc3c(c4c(N(c5ccc(C(C)(C)C)cc5)c5ccc(C(C)(C)C)cc5)cc5c(c24)-c2ccccc2C5(C)C)-c2ccccc2C3(C)C)cc1.CC(C)(C)c1ccc(Nc2ccc(C(C)(C)C)cc2)cc1.CC1(C)c2ccccc2-c2c1cc(Br)c1c3c(cc(Br)c21)C(C)(C)c1ccccc1-3. The monoisotopic (exact) mass is 1720 g/mol. The Hall–Kier alpha value is -10.0. The molecule has 0 heterocycles. The van der Waals surface area contributed by atoms with Crippen molar-refractivity contribution < 1.29 is 0 Å². The molecular formula is C116H123Br2N3. The van der Waals surface area contributed by atoms with Gasteiger partial charge < -0.3 is 15.1 Å². The molecule has 0 amide bonds. The maximum atomic E-state index is 4.00. The standard InChI is InChI=1S/C68H74N2.C28H22Br2.C20H27N/c1-63(2,3)43-25-33-47(34-26-43)69(48-35-27-44(28-36-48)64(4,5)6)57-41-55-60(52-22-18-20-24-54(52)67(55,13)14)62-58(42-56-59(61(57)62)51-21-17-19-23-53(51)68(56,15)16)70(49-37-29-45(30-38-49)65(7,8)9)50-39-31-46(32-40-50)66(10,11)12;1-27(2)17-11-7-5-9-15(17)23-19(27)13-21(29)26-24-16-10-6-8-12-18(16)28(3,4)20(24)14-22(30)25(23)26;1-19(2,3)15-7-11-17(12-8-15)21-18-13-9-16(10-14-18)20(4,5)6/h17-42H,1-16H3;5-14H,1-4H3;7-14,21H,1-6H3. The summed E-state index contributed by atoms with van der Waals surface area (Å²) in [4.78, 5) is 5.16. The highest BCUT2D eigenvalue weighted by Gasteiger charge is 2.46. The fraction of sp³-hybridized carbons (Fsp3) is 0.310. The van der Waals surface area contributed by atoms with Gasteiger partial charge >= 0.3 is 0 Å². The molecule has 3 nitrogen and oxygen atoms in total. The predicted molar refractivity (Wildman–Crippen MR) is 531 cm³/mol. The van der Waals surface area contributed by atoms with E-state index in [0.717, 1.165) is 34.1 Å². The Balaban J connectivity index is 0.000000172. The van der Waals surface area contributed by atoms with Gasteiger partial charge in [0, 0.05) is 86.3 Å². The van der Waals surface area contributed by atoms with E-state index in [-0.39, 0.29) is 54.1 Å².